The summed E-state index contributed by atoms with van der Waals surface area (Å²) in [5.74, 6) is -0.998. The van der Waals surface area contributed by atoms with Crippen molar-refractivity contribution in [3.63, 3.8) is 0 Å². The quantitative estimate of drug-likeness (QED) is 0.678. The van der Waals surface area contributed by atoms with Gasteiger partial charge in [-0.05, 0) is 31.2 Å². The van der Waals surface area contributed by atoms with Crippen molar-refractivity contribution >= 4 is 34.1 Å². The lowest BCUT2D eigenvalue weighted by Gasteiger charge is -2.07. The van der Waals surface area contributed by atoms with E-state index in [0.717, 1.165) is 9.56 Å². The first-order valence-electron chi connectivity index (χ1n) is 7.03. The lowest BCUT2D eigenvalue weighted by atomic mass is 10.2. The molecule has 0 saturated heterocycles. The van der Waals surface area contributed by atoms with Crippen LogP contribution in [-0.2, 0) is 11.3 Å². The number of hydrogen-bond acceptors (Lipinski definition) is 6. The Morgan fingerprint density at radius 3 is 2.71 bits per heavy atom. The zero-order valence-corrected chi connectivity index (χ0v) is 13.5. The monoisotopic (exact) mass is 343 g/mol. The van der Waals surface area contributed by atoms with E-state index in [1.54, 1.807) is 30.3 Å². The van der Waals surface area contributed by atoms with Crippen molar-refractivity contribution in [3.8, 4) is 0 Å². The molecule has 0 fully saturated rings. The number of nitrogens with zero attached hydrogens (tertiary/aromatic N) is 3. The second-order valence-corrected chi connectivity index (χ2v) is 6.27. The molecule has 2 aromatic heterocycles. The van der Waals surface area contributed by atoms with Gasteiger partial charge in [0.1, 0.15) is 12.1 Å². The zero-order valence-electron chi connectivity index (χ0n) is 12.6. The van der Waals surface area contributed by atoms with Crippen LogP contribution in [0.15, 0.2) is 41.2 Å². The van der Waals surface area contributed by atoms with Crippen molar-refractivity contribution in [2.75, 3.05) is 0 Å². The number of nitrogens with one attached hydrogen (secondary N) is 2. The van der Waals surface area contributed by atoms with Crippen LogP contribution in [0.1, 0.15) is 14.5 Å². The van der Waals surface area contributed by atoms with E-state index in [-0.39, 0.29) is 6.54 Å². The van der Waals surface area contributed by atoms with Gasteiger partial charge in [-0.3, -0.25) is 25.2 Å². The van der Waals surface area contributed by atoms with Crippen LogP contribution >= 0.6 is 11.3 Å². The highest BCUT2D eigenvalue weighted by molar-refractivity contribution is 7.13. The molecule has 0 aliphatic carbocycles. The summed E-state index contributed by atoms with van der Waals surface area (Å²) in [6.07, 6.45) is 0. The Morgan fingerprint density at radius 1 is 1.17 bits per heavy atom. The van der Waals surface area contributed by atoms with Crippen molar-refractivity contribution in [2.24, 2.45) is 0 Å². The third-order valence-corrected chi connectivity index (χ3v) is 4.20. The summed E-state index contributed by atoms with van der Waals surface area (Å²) in [4.78, 5) is 37.4. The first-order valence-corrected chi connectivity index (χ1v) is 7.84. The standard InChI is InChI=1S/C15H13N5O3S/c1-9-6-7-12(24-9)14(22)18-17-13(21)8-20-15(23)10-4-2-3-5-11(10)16-19-20/h2-7H,8H2,1H3,(H,17,21)(H,18,22). The zero-order chi connectivity index (χ0) is 17.1. The Hall–Kier alpha value is -3.07. The number of benzene rings is 1. The topological polar surface area (TPSA) is 106 Å². The Balaban J connectivity index is 1.66. The summed E-state index contributed by atoms with van der Waals surface area (Å²) in [5, 5.41) is 7.98. The third-order valence-electron chi connectivity index (χ3n) is 3.20. The molecule has 2 heterocycles. The average Bonchev–Trinajstić information content (AvgIpc) is 3.02. The van der Waals surface area contributed by atoms with E-state index in [9.17, 15) is 14.4 Å². The Bertz CT molecular complexity index is 978. The molecule has 122 valence electrons. The van der Waals surface area contributed by atoms with E-state index < -0.39 is 17.4 Å². The van der Waals surface area contributed by atoms with Crippen LogP contribution in [0.4, 0.5) is 0 Å². The molecule has 0 unspecified atom stereocenters. The maximum Gasteiger partial charge on any atom is 0.279 e. The number of rotatable bonds is 3. The van der Waals surface area contributed by atoms with Crippen LogP contribution in [-0.4, -0.2) is 26.8 Å². The normalized spacial score (nSPS) is 10.5. The number of amides is 2. The molecular formula is C15H13N5O3S. The van der Waals surface area contributed by atoms with Gasteiger partial charge in [-0.15, -0.1) is 16.4 Å². The fraction of sp³-hybridized carbons (Fsp3) is 0.133. The molecule has 3 aromatic rings. The molecule has 0 atom stereocenters. The van der Waals surface area contributed by atoms with Crippen LogP contribution in [0.25, 0.3) is 10.9 Å². The Kier molecular flexibility index (Phi) is 4.34. The van der Waals surface area contributed by atoms with Crippen molar-refractivity contribution in [1.82, 2.24) is 25.8 Å². The third kappa shape index (κ3) is 3.30. The van der Waals surface area contributed by atoms with Gasteiger partial charge in [0.2, 0.25) is 0 Å². The van der Waals surface area contributed by atoms with E-state index in [0.29, 0.717) is 15.8 Å². The number of hydrogen-bond donors (Lipinski definition) is 2. The number of hydrazine groups is 1. The highest BCUT2D eigenvalue weighted by Gasteiger charge is 2.12. The summed E-state index contributed by atoms with van der Waals surface area (Å²) in [6, 6.07) is 10.2. The van der Waals surface area contributed by atoms with Crippen LogP contribution in [0.2, 0.25) is 0 Å². The molecule has 8 nitrogen and oxygen atoms in total. The molecule has 0 bridgehead atoms. The highest BCUT2D eigenvalue weighted by atomic mass is 32.1. The Morgan fingerprint density at radius 2 is 1.96 bits per heavy atom. The second-order valence-electron chi connectivity index (χ2n) is 4.98. The summed E-state index contributed by atoms with van der Waals surface area (Å²) in [7, 11) is 0. The van der Waals surface area contributed by atoms with Gasteiger partial charge in [0.25, 0.3) is 17.4 Å². The molecule has 0 spiro atoms. The van der Waals surface area contributed by atoms with Gasteiger partial charge in [-0.1, -0.05) is 17.3 Å². The molecule has 0 saturated carbocycles. The molecule has 2 N–H and O–H groups in total. The number of thiophene rings is 1. The average molecular weight is 343 g/mol. The van der Waals surface area contributed by atoms with E-state index in [2.05, 4.69) is 21.2 Å². The van der Waals surface area contributed by atoms with Gasteiger partial charge in [0.05, 0.1) is 10.3 Å². The van der Waals surface area contributed by atoms with Crippen molar-refractivity contribution in [3.05, 3.63) is 56.5 Å². The van der Waals surface area contributed by atoms with Gasteiger partial charge < -0.3 is 0 Å². The molecule has 2 amide bonds. The van der Waals surface area contributed by atoms with Crippen molar-refractivity contribution in [1.29, 1.82) is 0 Å². The van der Waals surface area contributed by atoms with Crippen molar-refractivity contribution in [2.45, 2.75) is 13.5 Å². The maximum atomic E-state index is 12.2. The predicted molar refractivity (Wildman–Crippen MR) is 88.5 cm³/mol. The smallest absolute Gasteiger partial charge is 0.271 e. The number of carbonyl (C=O) groups is 2. The lowest BCUT2D eigenvalue weighted by molar-refractivity contribution is -0.122. The van der Waals surface area contributed by atoms with E-state index in [1.807, 2.05) is 13.0 Å². The number of fused-ring (bicyclic) bond motifs is 1. The highest BCUT2D eigenvalue weighted by Crippen LogP contribution is 2.14. The summed E-state index contributed by atoms with van der Waals surface area (Å²) in [6.45, 7) is 1.53. The fourth-order valence-electron chi connectivity index (χ4n) is 2.05. The second kappa shape index (κ2) is 6.59. The fourth-order valence-corrected chi connectivity index (χ4v) is 2.81. The number of carbonyl (C=O) groups excluding carboxylic acids is 2. The minimum absolute atomic E-state index is 0.347. The van der Waals surface area contributed by atoms with E-state index in [4.69, 9.17) is 0 Å². The summed E-state index contributed by atoms with van der Waals surface area (Å²) in [5.41, 5.74) is 4.59. The largest absolute Gasteiger partial charge is 0.279 e. The number of aromatic nitrogens is 3. The van der Waals surface area contributed by atoms with Gasteiger partial charge >= 0.3 is 0 Å². The van der Waals surface area contributed by atoms with Crippen LogP contribution < -0.4 is 16.4 Å². The molecule has 0 aliphatic rings. The molecular weight excluding hydrogens is 330 g/mol. The van der Waals surface area contributed by atoms with Gasteiger partial charge in [0.15, 0.2) is 0 Å². The molecule has 0 radical (unpaired) electrons. The van der Waals surface area contributed by atoms with Crippen LogP contribution in [0.3, 0.4) is 0 Å². The van der Waals surface area contributed by atoms with Crippen LogP contribution in [0, 0.1) is 6.92 Å². The van der Waals surface area contributed by atoms with Gasteiger partial charge in [-0.25, -0.2) is 4.68 Å². The molecule has 24 heavy (non-hydrogen) atoms. The number of aryl methyl sites for hydroxylation is 1. The van der Waals surface area contributed by atoms with Gasteiger partial charge in [0, 0.05) is 4.88 Å². The predicted octanol–water partition coefficient (Wildman–Crippen LogP) is 0.623. The molecule has 9 heteroatoms. The molecule has 3 rings (SSSR count). The first kappa shape index (κ1) is 15.8. The summed E-state index contributed by atoms with van der Waals surface area (Å²) < 4.78 is 0.944. The first-order chi connectivity index (χ1) is 11.5. The SMILES string of the molecule is Cc1ccc(C(=O)NNC(=O)Cn2nnc3ccccc3c2=O)s1. The summed E-state index contributed by atoms with van der Waals surface area (Å²) >= 11 is 1.31. The van der Waals surface area contributed by atoms with Crippen LogP contribution in [0.5, 0.6) is 0 Å². The molecule has 1 aromatic carbocycles. The minimum atomic E-state index is -0.580. The van der Waals surface area contributed by atoms with Gasteiger partial charge in [-0.2, -0.15) is 0 Å². The maximum absolute atomic E-state index is 12.2. The van der Waals surface area contributed by atoms with Crippen molar-refractivity contribution < 1.29 is 9.59 Å². The van der Waals surface area contributed by atoms with E-state index in [1.165, 1.54) is 11.3 Å². The lowest BCUT2D eigenvalue weighted by Crippen LogP contribution is -2.44. The van der Waals surface area contributed by atoms with E-state index >= 15 is 0 Å². The molecule has 0 aliphatic heterocycles. The minimum Gasteiger partial charge on any atom is -0.271 e. The Labute approximate surface area is 140 Å².